The Labute approximate surface area is 159 Å². The van der Waals surface area contributed by atoms with Gasteiger partial charge in [-0.05, 0) is 99.3 Å². The molecule has 26 heavy (non-hydrogen) atoms. The van der Waals surface area contributed by atoms with Gasteiger partial charge in [0.05, 0.1) is 5.60 Å². The van der Waals surface area contributed by atoms with Gasteiger partial charge in [0, 0.05) is 25.2 Å². The molecule has 0 aromatic rings. The second-order valence-electron chi connectivity index (χ2n) is 11.6. The Bertz CT molecular complexity index is 599. The smallest absolute Gasteiger partial charge is 0.0838 e. The van der Waals surface area contributed by atoms with Crippen molar-refractivity contribution in [2.75, 3.05) is 26.2 Å². The minimum absolute atomic E-state index is 0.199. The zero-order chi connectivity index (χ0) is 17.8. The standard InChI is InChI=1S/C23H38N2O/c1-4-13-6-5-7-25(10-13)22(2,3)11-24-12-23(26)20-15-9-16-18-14(15)8-17(20)19(18)21(16)23/h13-21,24,26H,4-12H2,1-3H3. The Kier molecular flexibility index (Phi) is 3.41. The lowest BCUT2D eigenvalue weighted by Crippen LogP contribution is -2.61. The van der Waals surface area contributed by atoms with Crippen LogP contribution in [0, 0.1) is 53.3 Å². The van der Waals surface area contributed by atoms with E-state index in [4.69, 9.17) is 0 Å². The van der Waals surface area contributed by atoms with E-state index in [1.165, 1.54) is 45.2 Å². The van der Waals surface area contributed by atoms with Gasteiger partial charge in [0.1, 0.15) is 0 Å². The minimum Gasteiger partial charge on any atom is -0.388 e. The molecule has 3 heteroatoms. The molecule has 2 N–H and O–H groups in total. The van der Waals surface area contributed by atoms with Gasteiger partial charge in [-0.3, -0.25) is 4.90 Å². The summed E-state index contributed by atoms with van der Waals surface area (Å²) in [7, 11) is 0. The van der Waals surface area contributed by atoms with Crippen LogP contribution in [0.25, 0.3) is 0 Å². The topological polar surface area (TPSA) is 35.5 Å². The molecule has 10 atom stereocenters. The van der Waals surface area contributed by atoms with Crippen LogP contribution in [0.2, 0.25) is 0 Å². The van der Waals surface area contributed by atoms with E-state index in [0.717, 1.165) is 54.5 Å². The summed E-state index contributed by atoms with van der Waals surface area (Å²) in [5, 5.41) is 15.6. The molecule has 1 saturated heterocycles. The first-order chi connectivity index (χ1) is 12.5. The van der Waals surface area contributed by atoms with Gasteiger partial charge in [-0.1, -0.05) is 13.3 Å². The molecule has 6 rings (SSSR count). The molecular formula is C23H38N2O. The SMILES string of the molecule is CCC1CCCN(C(C)(C)CNCC2(O)C3C4CC5C6C4CC3C6C52)C1. The van der Waals surface area contributed by atoms with Gasteiger partial charge in [-0.25, -0.2) is 0 Å². The minimum atomic E-state index is -0.366. The quantitative estimate of drug-likeness (QED) is 0.766. The number of nitrogens with one attached hydrogen (secondary N) is 1. The van der Waals surface area contributed by atoms with E-state index >= 15 is 0 Å². The lowest BCUT2D eigenvalue weighted by Gasteiger charge is -2.52. The Balaban J connectivity index is 1.11. The van der Waals surface area contributed by atoms with Crippen molar-refractivity contribution in [1.29, 1.82) is 0 Å². The van der Waals surface area contributed by atoms with Gasteiger partial charge < -0.3 is 10.4 Å². The van der Waals surface area contributed by atoms with Crippen molar-refractivity contribution in [3.8, 4) is 0 Å². The van der Waals surface area contributed by atoms with Crippen LogP contribution in [0.5, 0.6) is 0 Å². The van der Waals surface area contributed by atoms with Crippen molar-refractivity contribution in [3.63, 3.8) is 0 Å². The number of likely N-dealkylation sites (tertiary alicyclic amines) is 1. The lowest BCUT2D eigenvalue weighted by atomic mass is 9.56. The van der Waals surface area contributed by atoms with E-state index < -0.39 is 0 Å². The molecule has 0 spiro atoms. The van der Waals surface area contributed by atoms with E-state index in [2.05, 4.69) is 31.0 Å². The molecule has 10 unspecified atom stereocenters. The molecule has 5 aliphatic carbocycles. The van der Waals surface area contributed by atoms with Crippen LogP contribution in [0.1, 0.15) is 52.9 Å². The highest BCUT2D eigenvalue weighted by molar-refractivity contribution is 5.32. The summed E-state index contributed by atoms with van der Waals surface area (Å²) in [6, 6.07) is 0. The molecule has 0 amide bonds. The van der Waals surface area contributed by atoms with Crippen LogP contribution >= 0.6 is 0 Å². The van der Waals surface area contributed by atoms with E-state index in [1.54, 1.807) is 0 Å². The van der Waals surface area contributed by atoms with E-state index in [0.29, 0.717) is 11.8 Å². The highest BCUT2D eigenvalue weighted by atomic mass is 16.3. The summed E-state index contributed by atoms with van der Waals surface area (Å²) < 4.78 is 0. The second-order valence-corrected chi connectivity index (χ2v) is 11.6. The van der Waals surface area contributed by atoms with Crippen LogP contribution in [0.3, 0.4) is 0 Å². The predicted octanol–water partition coefficient (Wildman–Crippen LogP) is 2.99. The summed E-state index contributed by atoms with van der Waals surface area (Å²) in [5.41, 5.74) is -0.167. The highest BCUT2D eigenvalue weighted by Crippen LogP contribution is 2.85. The molecule has 6 aliphatic rings. The molecule has 6 fully saturated rings. The van der Waals surface area contributed by atoms with Crippen LogP contribution < -0.4 is 5.32 Å². The van der Waals surface area contributed by atoms with Gasteiger partial charge in [0.25, 0.3) is 0 Å². The third-order valence-electron chi connectivity index (χ3n) is 10.4. The van der Waals surface area contributed by atoms with Crippen molar-refractivity contribution < 1.29 is 5.11 Å². The van der Waals surface area contributed by atoms with Crippen LogP contribution in [0.4, 0.5) is 0 Å². The maximum absolute atomic E-state index is 11.8. The number of piperidine rings is 1. The number of nitrogens with zero attached hydrogens (tertiary/aromatic N) is 1. The van der Waals surface area contributed by atoms with Crippen molar-refractivity contribution in [2.45, 2.75) is 64.0 Å². The molecule has 2 bridgehead atoms. The first-order valence-corrected chi connectivity index (χ1v) is 11.6. The Morgan fingerprint density at radius 1 is 1.08 bits per heavy atom. The van der Waals surface area contributed by atoms with Gasteiger partial charge in [-0.2, -0.15) is 0 Å². The monoisotopic (exact) mass is 358 g/mol. The summed E-state index contributed by atoms with van der Waals surface area (Å²) >= 11 is 0. The summed E-state index contributed by atoms with van der Waals surface area (Å²) in [5.74, 6) is 7.83. The van der Waals surface area contributed by atoms with Crippen molar-refractivity contribution >= 4 is 0 Å². The third-order valence-corrected chi connectivity index (χ3v) is 10.4. The Hall–Kier alpha value is -0.120. The van der Waals surface area contributed by atoms with Crippen molar-refractivity contribution in [3.05, 3.63) is 0 Å². The number of aliphatic hydroxyl groups is 1. The van der Waals surface area contributed by atoms with Crippen molar-refractivity contribution in [2.24, 2.45) is 53.3 Å². The van der Waals surface area contributed by atoms with E-state index in [9.17, 15) is 5.11 Å². The Morgan fingerprint density at radius 3 is 2.65 bits per heavy atom. The zero-order valence-electron chi connectivity index (χ0n) is 17.0. The van der Waals surface area contributed by atoms with E-state index in [-0.39, 0.29) is 11.1 Å². The fourth-order valence-electron chi connectivity index (χ4n) is 9.59. The fraction of sp³-hybridized carbons (Fsp3) is 1.00. The molecule has 1 heterocycles. The summed E-state index contributed by atoms with van der Waals surface area (Å²) in [4.78, 5) is 2.71. The molecule has 0 aromatic carbocycles. The maximum atomic E-state index is 11.8. The number of hydrogen-bond acceptors (Lipinski definition) is 3. The van der Waals surface area contributed by atoms with Crippen LogP contribution in [-0.4, -0.2) is 47.3 Å². The first kappa shape index (κ1) is 16.8. The zero-order valence-corrected chi connectivity index (χ0v) is 17.0. The third kappa shape index (κ3) is 1.86. The van der Waals surface area contributed by atoms with Gasteiger partial charge in [0.2, 0.25) is 0 Å². The van der Waals surface area contributed by atoms with Crippen LogP contribution in [-0.2, 0) is 0 Å². The molecular weight excluding hydrogens is 320 g/mol. The number of rotatable bonds is 6. The molecule has 0 radical (unpaired) electrons. The maximum Gasteiger partial charge on any atom is 0.0838 e. The van der Waals surface area contributed by atoms with Gasteiger partial charge >= 0.3 is 0 Å². The predicted molar refractivity (Wildman–Crippen MR) is 104 cm³/mol. The largest absolute Gasteiger partial charge is 0.388 e. The first-order valence-electron chi connectivity index (χ1n) is 11.6. The summed E-state index contributed by atoms with van der Waals surface area (Å²) in [6.07, 6.45) is 7.02. The van der Waals surface area contributed by atoms with E-state index in [1.807, 2.05) is 0 Å². The fourth-order valence-corrected chi connectivity index (χ4v) is 9.59. The lowest BCUT2D eigenvalue weighted by molar-refractivity contribution is -0.128. The van der Waals surface area contributed by atoms with Gasteiger partial charge in [0.15, 0.2) is 0 Å². The summed E-state index contributed by atoms with van der Waals surface area (Å²) in [6.45, 7) is 11.5. The van der Waals surface area contributed by atoms with Gasteiger partial charge in [-0.15, -0.1) is 0 Å². The normalized spacial score (nSPS) is 56.5. The molecule has 3 nitrogen and oxygen atoms in total. The Morgan fingerprint density at radius 2 is 1.85 bits per heavy atom. The number of hydrogen-bond donors (Lipinski definition) is 2. The molecule has 1 aliphatic heterocycles. The molecule has 146 valence electrons. The molecule has 0 aromatic heterocycles. The molecule has 5 saturated carbocycles. The van der Waals surface area contributed by atoms with Crippen LogP contribution in [0.15, 0.2) is 0 Å². The number of fused-ring (bicyclic) bond motifs is 2. The second kappa shape index (κ2) is 5.27. The average Bonchev–Trinajstić information content (AvgIpc) is 3.13. The van der Waals surface area contributed by atoms with Crippen molar-refractivity contribution in [1.82, 2.24) is 10.2 Å². The average molecular weight is 359 g/mol. The highest BCUT2D eigenvalue weighted by Gasteiger charge is 2.84.